The van der Waals surface area contributed by atoms with Crippen LogP contribution in [0.15, 0.2) is 0 Å². The maximum atomic E-state index is 12.6. The van der Waals surface area contributed by atoms with Crippen molar-refractivity contribution in [3.63, 3.8) is 0 Å². The molecule has 0 aromatic rings. The fourth-order valence-corrected chi connectivity index (χ4v) is 5.46. The van der Waals surface area contributed by atoms with Crippen molar-refractivity contribution in [1.82, 2.24) is 4.90 Å². The monoisotopic (exact) mass is 323 g/mol. The summed E-state index contributed by atoms with van der Waals surface area (Å²) in [6.45, 7) is 10.7. The van der Waals surface area contributed by atoms with Gasteiger partial charge in [-0.3, -0.25) is 4.90 Å². The highest BCUT2D eigenvalue weighted by molar-refractivity contribution is 5.83. The van der Waals surface area contributed by atoms with E-state index in [9.17, 15) is 9.59 Å². The molecule has 1 amide bonds. The average molecular weight is 323 g/mol. The molecule has 0 unspecified atom stereocenters. The predicted octanol–water partition coefficient (Wildman–Crippen LogP) is 3.37. The van der Waals surface area contributed by atoms with Crippen LogP contribution in [0.3, 0.4) is 0 Å². The molecule has 0 radical (unpaired) electrons. The number of likely N-dealkylation sites (tertiary alicyclic amines) is 1. The number of methoxy groups -OCH3 is 1. The Morgan fingerprint density at radius 2 is 1.74 bits per heavy atom. The average Bonchev–Trinajstić information content (AvgIpc) is 2.68. The summed E-state index contributed by atoms with van der Waals surface area (Å²) < 4.78 is 10.5. The lowest BCUT2D eigenvalue weighted by Gasteiger charge is -2.32. The van der Waals surface area contributed by atoms with Gasteiger partial charge in [0.25, 0.3) is 0 Å². The van der Waals surface area contributed by atoms with Gasteiger partial charge in [0.05, 0.1) is 7.11 Å². The van der Waals surface area contributed by atoms with Crippen molar-refractivity contribution in [2.24, 2.45) is 16.2 Å². The number of carbonyl (C=O) groups excluding carboxylic acids is 2. The molecule has 2 saturated carbocycles. The number of amides is 1. The minimum Gasteiger partial charge on any atom is -0.467 e. The van der Waals surface area contributed by atoms with Crippen LogP contribution in [0.2, 0.25) is 0 Å². The Hall–Kier alpha value is -1.26. The van der Waals surface area contributed by atoms with Gasteiger partial charge in [-0.2, -0.15) is 0 Å². The normalized spacial score (nSPS) is 33.5. The van der Waals surface area contributed by atoms with Crippen LogP contribution in [0.1, 0.15) is 60.3 Å². The summed E-state index contributed by atoms with van der Waals surface area (Å²) in [7, 11) is 1.39. The molecule has 5 nitrogen and oxygen atoms in total. The molecule has 130 valence electrons. The first-order valence-electron chi connectivity index (χ1n) is 8.59. The second kappa shape index (κ2) is 4.64. The first-order valence-corrected chi connectivity index (χ1v) is 8.59. The van der Waals surface area contributed by atoms with Gasteiger partial charge < -0.3 is 9.47 Å². The molecule has 0 aromatic heterocycles. The van der Waals surface area contributed by atoms with Crippen LogP contribution in [0.25, 0.3) is 0 Å². The number of hydrogen-bond acceptors (Lipinski definition) is 4. The minimum absolute atomic E-state index is 0.0357. The number of rotatable bonds is 1. The van der Waals surface area contributed by atoms with E-state index in [1.807, 2.05) is 20.8 Å². The molecule has 1 saturated heterocycles. The lowest BCUT2D eigenvalue weighted by atomic mass is 9.73. The summed E-state index contributed by atoms with van der Waals surface area (Å²) in [4.78, 5) is 26.5. The van der Waals surface area contributed by atoms with E-state index in [-0.39, 0.29) is 16.8 Å². The molecule has 2 spiro atoms. The number of nitrogens with zero attached hydrogens (tertiary/aromatic N) is 1. The molecule has 1 aliphatic heterocycles. The largest absolute Gasteiger partial charge is 0.467 e. The van der Waals surface area contributed by atoms with Crippen LogP contribution in [-0.4, -0.2) is 42.3 Å². The number of ether oxygens (including phenoxy) is 2. The quantitative estimate of drug-likeness (QED) is 0.694. The Balaban J connectivity index is 1.87. The third-order valence-corrected chi connectivity index (χ3v) is 6.91. The van der Waals surface area contributed by atoms with Crippen LogP contribution < -0.4 is 0 Å². The van der Waals surface area contributed by atoms with E-state index in [1.54, 1.807) is 4.90 Å². The molecule has 3 fully saturated rings. The van der Waals surface area contributed by atoms with E-state index in [0.29, 0.717) is 18.4 Å². The molecule has 0 aromatic carbocycles. The first-order chi connectivity index (χ1) is 10.5. The van der Waals surface area contributed by atoms with Crippen molar-refractivity contribution in [2.75, 3.05) is 13.7 Å². The van der Waals surface area contributed by atoms with Crippen LogP contribution >= 0.6 is 0 Å². The van der Waals surface area contributed by atoms with Crippen molar-refractivity contribution >= 4 is 12.1 Å². The molecule has 0 bridgehead atoms. The van der Waals surface area contributed by atoms with Crippen molar-refractivity contribution in [3.05, 3.63) is 0 Å². The standard InChI is InChI=1S/C18H29NO4/c1-15(2,3)23-14(21)19-11-18(10-12(19)13(20)22-6)16(4,5)17(18)8-7-9-17/h12H,7-11H2,1-6H3/t12-,18+/m0/s1. The highest BCUT2D eigenvalue weighted by Gasteiger charge is 2.85. The molecule has 2 aliphatic carbocycles. The lowest BCUT2D eigenvalue weighted by Crippen LogP contribution is -2.44. The summed E-state index contributed by atoms with van der Waals surface area (Å²) in [5.74, 6) is -0.329. The van der Waals surface area contributed by atoms with Gasteiger partial charge in [0.1, 0.15) is 11.6 Å². The van der Waals surface area contributed by atoms with Crippen LogP contribution in [0, 0.1) is 16.2 Å². The highest BCUT2D eigenvalue weighted by Crippen LogP contribution is 2.88. The van der Waals surface area contributed by atoms with Gasteiger partial charge in [0.15, 0.2) is 0 Å². The Bertz CT molecular complexity index is 544. The molecular weight excluding hydrogens is 294 g/mol. The van der Waals surface area contributed by atoms with E-state index in [1.165, 1.54) is 26.4 Å². The zero-order chi connectivity index (χ0) is 17.3. The Morgan fingerprint density at radius 1 is 1.13 bits per heavy atom. The molecule has 1 heterocycles. The Labute approximate surface area is 138 Å². The van der Waals surface area contributed by atoms with Gasteiger partial charge in [-0.1, -0.05) is 20.3 Å². The maximum Gasteiger partial charge on any atom is 0.411 e. The molecule has 5 heteroatoms. The van der Waals surface area contributed by atoms with Crippen molar-refractivity contribution in [1.29, 1.82) is 0 Å². The highest BCUT2D eigenvalue weighted by atomic mass is 16.6. The van der Waals surface area contributed by atoms with E-state index in [4.69, 9.17) is 9.47 Å². The Morgan fingerprint density at radius 3 is 2.13 bits per heavy atom. The molecule has 2 atom stereocenters. The topological polar surface area (TPSA) is 55.8 Å². The fourth-order valence-electron chi connectivity index (χ4n) is 5.46. The molecule has 3 aliphatic rings. The number of carbonyl (C=O) groups is 2. The third kappa shape index (κ3) is 1.97. The summed E-state index contributed by atoms with van der Waals surface area (Å²) >= 11 is 0. The zero-order valence-corrected chi connectivity index (χ0v) is 15.2. The lowest BCUT2D eigenvalue weighted by molar-refractivity contribution is -0.145. The smallest absolute Gasteiger partial charge is 0.411 e. The summed E-state index contributed by atoms with van der Waals surface area (Å²) in [5, 5.41) is 0. The van der Waals surface area contributed by atoms with Crippen molar-refractivity contribution in [3.8, 4) is 0 Å². The molecule has 0 N–H and O–H groups in total. The van der Waals surface area contributed by atoms with Gasteiger partial charge in [0.2, 0.25) is 0 Å². The second-order valence-electron chi connectivity index (χ2n) is 8.99. The fraction of sp³-hybridized carbons (Fsp3) is 0.889. The Kier molecular flexibility index (Phi) is 3.35. The van der Waals surface area contributed by atoms with E-state index in [0.717, 1.165) is 0 Å². The van der Waals surface area contributed by atoms with Crippen molar-refractivity contribution < 1.29 is 19.1 Å². The summed E-state index contributed by atoms with van der Waals surface area (Å²) in [6, 6.07) is -0.519. The third-order valence-electron chi connectivity index (χ3n) is 6.91. The van der Waals surface area contributed by atoms with E-state index >= 15 is 0 Å². The second-order valence-corrected chi connectivity index (χ2v) is 8.99. The van der Waals surface area contributed by atoms with Gasteiger partial charge in [0, 0.05) is 12.0 Å². The minimum atomic E-state index is -0.569. The zero-order valence-electron chi connectivity index (χ0n) is 15.2. The number of esters is 1. The van der Waals surface area contributed by atoms with Crippen molar-refractivity contribution in [2.45, 2.75) is 71.9 Å². The predicted molar refractivity (Wildman–Crippen MR) is 85.9 cm³/mol. The molecular formula is C18H29NO4. The van der Waals surface area contributed by atoms with Gasteiger partial charge in [-0.15, -0.1) is 0 Å². The maximum absolute atomic E-state index is 12.6. The van der Waals surface area contributed by atoms with Crippen LogP contribution in [0.5, 0.6) is 0 Å². The van der Waals surface area contributed by atoms with E-state index < -0.39 is 17.7 Å². The van der Waals surface area contributed by atoms with Gasteiger partial charge in [-0.25, -0.2) is 9.59 Å². The SMILES string of the molecule is COC(=O)[C@@H]1C[C@@]2(CN1C(=O)OC(C)(C)C)C(C)(C)C21CCC1. The van der Waals surface area contributed by atoms with E-state index in [2.05, 4.69) is 13.8 Å². The number of fused-ring (bicyclic) bond motifs is 1. The van der Waals surface area contributed by atoms with Crippen LogP contribution in [0.4, 0.5) is 4.79 Å². The summed E-state index contributed by atoms with van der Waals surface area (Å²) in [6.07, 6.45) is 3.96. The van der Waals surface area contributed by atoms with Crippen LogP contribution in [-0.2, 0) is 14.3 Å². The molecule has 3 rings (SSSR count). The summed E-state index contributed by atoms with van der Waals surface area (Å²) in [5.41, 5.74) is -0.0704. The van der Waals surface area contributed by atoms with Gasteiger partial charge >= 0.3 is 12.1 Å². The number of hydrogen-bond donors (Lipinski definition) is 0. The molecule has 23 heavy (non-hydrogen) atoms. The first kappa shape index (κ1) is 16.6. The van der Waals surface area contributed by atoms with Gasteiger partial charge in [-0.05, 0) is 50.9 Å².